The van der Waals surface area contributed by atoms with Crippen molar-refractivity contribution in [3.63, 3.8) is 0 Å². The molecule has 0 radical (unpaired) electrons. The number of aryl methyl sites for hydroxylation is 2. The number of hydrogen-bond acceptors (Lipinski definition) is 7. The van der Waals surface area contributed by atoms with Gasteiger partial charge >= 0.3 is 0 Å². The van der Waals surface area contributed by atoms with E-state index in [-0.39, 0.29) is 35.0 Å². The molecule has 2 aliphatic heterocycles. The third-order valence-corrected chi connectivity index (χ3v) is 6.66. The fraction of sp³-hybridized carbons (Fsp3) is 0.417. The molecule has 1 aromatic heterocycles. The van der Waals surface area contributed by atoms with E-state index < -0.39 is 5.91 Å². The molecule has 5 rings (SSSR count). The summed E-state index contributed by atoms with van der Waals surface area (Å²) < 4.78 is 6.22. The Labute approximate surface area is 191 Å². The van der Waals surface area contributed by atoms with Gasteiger partial charge in [-0.15, -0.1) is 0 Å². The van der Waals surface area contributed by atoms with Crippen molar-refractivity contribution >= 4 is 40.0 Å². The molecule has 0 spiro atoms. The standard InChI is InChI=1S/C24H28N6O3/c1-12-3-6-17-16(11-12)13(2)21(33-17)20(18-19(25)23(31)29-28-22(18)26)27-15-7-9-30(10-8-15)24(32)14-4-5-14/h3,6,11,14-15,25,27H,4-5,7-10H2,1-2H3,(H2,26,28)(H,29,31)/b20-18+,25-19?. The Morgan fingerprint density at radius 3 is 2.67 bits per heavy atom. The number of amidine groups is 1. The minimum Gasteiger partial charge on any atom is -0.454 e. The molecule has 3 heterocycles. The van der Waals surface area contributed by atoms with Crippen LogP contribution in [0, 0.1) is 25.2 Å². The number of hydrazone groups is 1. The van der Waals surface area contributed by atoms with Gasteiger partial charge in [-0.2, -0.15) is 5.10 Å². The van der Waals surface area contributed by atoms with Crippen molar-refractivity contribution in [3.05, 3.63) is 40.7 Å². The predicted octanol–water partition coefficient (Wildman–Crippen LogP) is 2.17. The molecule has 0 bridgehead atoms. The molecule has 2 amide bonds. The second kappa shape index (κ2) is 8.06. The van der Waals surface area contributed by atoms with Crippen LogP contribution >= 0.6 is 0 Å². The lowest BCUT2D eigenvalue weighted by atomic mass is 9.98. The van der Waals surface area contributed by atoms with Crippen molar-refractivity contribution < 1.29 is 14.0 Å². The minimum atomic E-state index is -0.618. The van der Waals surface area contributed by atoms with E-state index in [4.69, 9.17) is 15.6 Å². The molecule has 1 saturated carbocycles. The summed E-state index contributed by atoms with van der Waals surface area (Å²) in [4.78, 5) is 26.6. The number of hydrogen-bond donors (Lipinski definition) is 4. The first-order valence-electron chi connectivity index (χ1n) is 11.4. The van der Waals surface area contributed by atoms with E-state index >= 15 is 0 Å². The third kappa shape index (κ3) is 3.88. The molecular weight excluding hydrogens is 420 g/mol. The van der Waals surface area contributed by atoms with Gasteiger partial charge in [0.2, 0.25) is 5.91 Å². The van der Waals surface area contributed by atoms with E-state index in [1.54, 1.807) is 0 Å². The van der Waals surface area contributed by atoms with Crippen LogP contribution in [0.25, 0.3) is 16.7 Å². The van der Waals surface area contributed by atoms with Gasteiger partial charge in [-0.25, -0.2) is 5.43 Å². The topological polar surface area (TPSA) is 137 Å². The van der Waals surface area contributed by atoms with E-state index in [0.717, 1.165) is 47.8 Å². The molecule has 5 N–H and O–H groups in total. The van der Waals surface area contributed by atoms with Crippen molar-refractivity contribution in [3.8, 4) is 0 Å². The molecule has 3 aliphatic rings. The zero-order chi connectivity index (χ0) is 23.3. The Bertz CT molecular complexity index is 1230. The van der Waals surface area contributed by atoms with Gasteiger partial charge in [-0.3, -0.25) is 15.0 Å². The van der Waals surface area contributed by atoms with E-state index in [1.807, 2.05) is 30.9 Å². The first kappa shape index (κ1) is 21.2. The van der Waals surface area contributed by atoms with Gasteiger partial charge in [0.15, 0.2) is 11.6 Å². The molecule has 9 heteroatoms. The van der Waals surface area contributed by atoms with Crippen molar-refractivity contribution in [1.29, 1.82) is 5.41 Å². The maximum atomic E-state index is 12.4. The summed E-state index contributed by atoms with van der Waals surface area (Å²) in [6.45, 7) is 5.33. The number of nitrogens with one attached hydrogen (secondary N) is 3. The first-order chi connectivity index (χ1) is 15.8. The van der Waals surface area contributed by atoms with Gasteiger partial charge in [-0.1, -0.05) is 11.6 Å². The monoisotopic (exact) mass is 448 g/mol. The number of amides is 2. The second-order valence-electron chi connectivity index (χ2n) is 9.14. The lowest BCUT2D eigenvalue weighted by Gasteiger charge is -2.34. The smallest absolute Gasteiger partial charge is 0.290 e. The molecule has 2 aromatic rings. The fourth-order valence-corrected chi connectivity index (χ4v) is 4.58. The number of piperidine rings is 1. The average Bonchev–Trinajstić information content (AvgIpc) is 3.61. The van der Waals surface area contributed by atoms with Crippen LogP contribution in [-0.4, -0.2) is 47.4 Å². The van der Waals surface area contributed by atoms with Crippen LogP contribution in [0.3, 0.4) is 0 Å². The van der Waals surface area contributed by atoms with E-state index in [1.165, 1.54) is 0 Å². The normalized spacial score (nSPS) is 21.2. The van der Waals surface area contributed by atoms with Crippen LogP contribution in [0.2, 0.25) is 0 Å². The van der Waals surface area contributed by atoms with E-state index in [9.17, 15) is 9.59 Å². The van der Waals surface area contributed by atoms with Crippen LogP contribution in [0.5, 0.6) is 0 Å². The molecule has 33 heavy (non-hydrogen) atoms. The molecule has 172 valence electrons. The lowest BCUT2D eigenvalue weighted by molar-refractivity contribution is -0.133. The predicted molar refractivity (Wildman–Crippen MR) is 126 cm³/mol. The lowest BCUT2D eigenvalue weighted by Crippen LogP contribution is -2.46. The van der Waals surface area contributed by atoms with Gasteiger partial charge in [0, 0.05) is 36.0 Å². The Hall–Kier alpha value is -3.62. The maximum absolute atomic E-state index is 12.4. The number of fused-ring (bicyclic) bond motifs is 1. The van der Waals surface area contributed by atoms with Crippen LogP contribution in [-0.2, 0) is 9.59 Å². The summed E-state index contributed by atoms with van der Waals surface area (Å²) in [5.74, 6) is 0.454. The average molecular weight is 449 g/mol. The number of rotatable bonds is 4. The second-order valence-corrected chi connectivity index (χ2v) is 9.14. The van der Waals surface area contributed by atoms with Crippen molar-refractivity contribution in [2.75, 3.05) is 13.1 Å². The summed E-state index contributed by atoms with van der Waals surface area (Å²) >= 11 is 0. The minimum absolute atomic E-state index is 0.0377. The van der Waals surface area contributed by atoms with Gasteiger partial charge < -0.3 is 20.4 Å². The number of nitrogens with zero attached hydrogens (tertiary/aromatic N) is 2. The highest BCUT2D eigenvalue weighted by molar-refractivity contribution is 6.53. The van der Waals surface area contributed by atoms with Crippen LogP contribution < -0.4 is 16.5 Å². The summed E-state index contributed by atoms with van der Waals surface area (Å²) in [5, 5.41) is 16.8. The Morgan fingerprint density at radius 1 is 1.24 bits per heavy atom. The van der Waals surface area contributed by atoms with Crippen molar-refractivity contribution in [2.45, 2.75) is 45.6 Å². The first-order valence-corrected chi connectivity index (χ1v) is 11.4. The molecule has 1 aromatic carbocycles. The number of likely N-dealkylation sites (tertiary alicyclic amines) is 1. The summed E-state index contributed by atoms with van der Waals surface area (Å²) in [6.07, 6.45) is 3.51. The molecule has 1 aliphatic carbocycles. The summed E-state index contributed by atoms with van der Waals surface area (Å²) in [6, 6.07) is 5.99. The number of carbonyl (C=O) groups is 2. The number of carbonyl (C=O) groups excluding carboxylic acids is 2. The number of benzene rings is 1. The Morgan fingerprint density at radius 2 is 1.97 bits per heavy atom. The quantitative estimate of drug-likeness (QED) is 0.568. The zero-order valence-corrected chi connectivity index (χ0v) is 18.8. The van der Waals surface area contributed by atoms with Crippen LogP contribution in [0.15, 0.2) is 33.3 Å². The molecule has 9 nitrogen and oxygen atoms in total. The van der Waals surface area contributed by atoms with Crippen LogP contribution in [0.1, 0.15) is 42.6 Å². The number of furan rings is 1. The van der Waals surface area contributed by atoms with E-state index in [2.05, 4.69) is 21.9 Å². The van der Waals surface area contributed by atoms with Crippen molar-refractivity contribution in [2.24, 2.45) is 16.8 Å². The third-order valence-electron chi connectivity index (χ3n) is 6.66. The highest BCUT2D eigenvalue weighted by atomic mass is 16.3. The Kier molecular flexibility index (Phi) is 5.19. The fourth-order valence-electron chi connectivity index (χ4n) is 4.58. The molecular formula is C24H28N6O3. The van der Waals surface area contributed by atoms with Gasteiger partial charge in [-0.05, 0) is 51.7 Å². The van der Waals surface area contributed by atoms with Gasteiger partial charge in [0.1, 0.15) is 11.3 Å². The summed E-state index contributed by atoms with van der Waals surface area (Å²) in [7, 11) is 0. The maximum Gasteiger partial charge on any atom is 0.290 e. The van der Waals surface area contributed by atoms with Gasteiger partial charge in [0.05, 0.1) is 11.3 Å². The van der Waals surface area contributed by atoms with E-state index in [0.29, 0.717) is 24.5 Å². The molecule has 2 fully saturated rings. The molecule has 1 saturated heterocycles. The van der Waals surface area contributed by atoms with Crippen molar-refractivity contribution in [1.82, 2.24) is 15.6 Å². The highest BCUT2D eigenvalue weighted by Gasteiger charge is 2.36. The highest BCUT2D eigenvalue weighted by Crippen LogP contribution is 2.34. The largest absolute Gasteiger partial charge is 0.454 e. The zero-order valence-electron chi connectivity index (χ0n) is 18.8. The van der Waals surface area contributed by atoms with Crippen LogP contribution in [0.4, 0.5) is 0 Å². The Balaban J connectivity index is 1.51. The molecule has 0 atom stereocenters. The SMILES string of the molecule is Cc1ccc2oc(/C(NC3CCN(C(=O)C4CC4)CC3)=C3/C(=N)C(=O)NN=C3N)c(C)c2c1. The summed E-state index contributed by atoms with van der Waals surface area (Å²) in [5.41, 5.74) is 11.6. The number of nitrogens with two attached hydrogens (primary N) is 1. The van der Waals surface area contributed by atoms with Gasteiger partial charge in [0.25, 0.3) is 5.91 Å². The molecule has 0 unspecified atom stereocenters.